The van der Waals surface area contributed by atoms with Gasteiger partial charge in [0.15, 0.2) is 0 Å². The van der Waals surface area contributed by atoms with E-state index in [4.69, 9.17) is 4.98 Å². The third kappa shape index (κ3) is 4.86. The fraction of sp³-hybridized carbons (Fsp3) is 0.565. The van der Waals surface area contributed by atoms with Crippen LogP contribution >= 0.6 is 0 Å². The van der Waals surface area contributed by atoms with E-state index < -0.39 is 0 Å². The molecule has 1 atom stereocenters. The van der Waals surface area contributed by atoms with Crippen LogP contribution in [0.2, 0.25) is 0 Å². The number of hydrogen-bond acceptors (Lipinski definition) is 5. The van der Waals surface area contributed by atoms with Crippen molar-refractivity contribution in [2.45, 2.75) is 45.6 Å². The van der Waals surface area contributed by atoms with Gasteiger partial charge in [0.25, 0.3) is 0 Å². The number of piperidine rings is 1. The fourth-order valence-corrected chi connectivity index (χ4v) is 4.57. The minimum atomic E-state index is -0.170. The number of aryl methyl sites for hydroxylation is 2. The summed E-state index contributed by atoms with van der Waals surface area (Å²) in [7, 11) is 0. The third-order valence-electron chi connectivity index (χ3n) is 6.10. The van der Waals surface area contributed by atoms with Crippen LogP contribution in [-0.4, -0.2) is 60.2 Å². The van der Waals surface area contributed by atoms with E-state index in [1.165, 1.54) is 12.8 Å². The van der Waals surface area contributed by atoms with Crippen molar-refractivity contribution in [2.75, 3.05) is 49.1 Å². The van der Waals surface area contributed by atoms with Gasteiger partial charge in [-0.05, 0) is 50.5 Å². The Balaban J connectivity index is 1.37. The summed E-state index contributed by atoms with van der Waals surface area (Å²) in [5.41, 5.74) is 2.18. The van der Waals surface area contributed by atoms with Crippen LogP contribution in [0.3, 0.4) is 0 Å². The lowest BCUT2D eigenvalue weighted by Gasteiger charge is -2.44. The van der Waals surface area contributed by atoms with E-state index in [1.54, 1.807) is 12.1 Å². The first-order valence-corrected chi connectivity index (χ1v) is 11.0. The zero-order valence-electron chi connectivity index (χ0n) is 17.6. The maximum Gasteiger partial charge on any atom is 0.132 e. The average Bonchev–Trinajstić information content (AvgIpc) is 2.74. The highest BCUT2D eigenvalue weighted by Crippen LogP contribution is 2.24. The van der Waals surface area contributed by atoms with Gasteiger partial charge in [-0.15, -0.1) is 0 Å². The molecule has 2 fully saturated rings. The quantitative estimate of drug-likeness (QED) is 0.769. The van der Waals surface area contributed by atoms with Crippen LogP contribution in [0.5, 0.6) is 0 Å². The van der Waals surface area contributed by atoms with Gasteiger partial charge in [-0.2, -0.15) is 0 Å². The Labute approximate surface area is 173 Å². The third-order valence-corrected chi connectivity index (χ3v) is 6.10. The van der Waals surface area contributed by atoms with Gasteiger partial charge in [-0.25, -0.2) is 14.4 Å². The number of benzene rings is 1. The van der Waals surface area contributed by atoms with Crippen molar-refractivity contribution in [3.63, 3.8) is 0 Å². The maximum absolute atomic E-state index is 13.2. The zero-order valence-corrected chi connectivity index (χ0v) is 17.6. The minimum Gasteiger partial charge on any atom is -0.369 e. The molecule has 1 aromatic carbocycles. The number of rotatable bonds is 5. The molecule has 0 saturated carbocycles. The summed E-state index contributed by atoms with van der Waals surface area (Å²) in [6, 6.07) is 9.59. The zero-order chi connectivity index (χ0) is 20.2. The van der Waals surface area contributed by atoms with Gasteiger partial charge in [0, 0.05) is 69.2 Å². The van der Waals surface area contributed by atoms with Crippen molar-refractivity contribution in [3.8, 4) is 0 Å². The summed E-state index contributed by atoms with van der Waals surface area (Å²) < 4.78 is 13.2. The molecule has 2 aliphatic rings. The number of hydrogen-bond donors (Lipinski definition) is 0. The van der Waals surface area contributed by atoms with E-state index in [0.29, 0.717) is 6.04 Å². The molecule has 4 rings (SSSR count). The normalized spacial score (nSPS) is 20.9. The van der Waals surface area contributed by atoms with Crippen LogP contribution in [0, 0.1) is 12.7 Å². The molecular weight excluding hydrogens is 365 g/mol. The molecule has 0 N–H and O–H groups in total. The van der Waals surface area contributed by atoms with Crippen molar-refractivity contribution in [1.82, 2.24) is 14.9 Å². The Morgan fingerprint density at radius 2 is 1.76 bits per heavy atom. The second kappa shape index (κ2) is 9.08. The molecule has 0 aliphatic carbocycles. The molecule has 0 bridgehead atoms. The summed E-state index contributed by atoms with van der Waals surface area (Å²) in [5, 5.41) is 0. The number of anilines is 2. The van der Waals surface area contributed by atoms with Gasteiger partial charge in [0.1, 0.15) is 17.5 Å². The molecule has 0 amide bonds. The predicted octanol–water partition coefficient (Wildman–Crippen LogP) is 3.67. The molecule has 2 aromatic rings. The Hall–Kier alpha value is -2.21. The van der Waals surface area contributed by atoms with Gasteiger partial charge in [-0.3, -0.25) is 4.90 Å². The monoisotopic (exact) mass is 397 g/mol. The lowest BCUT2D eigenvalue weighted by molar-refractivity contribution is 0.166. The van der Waals surface area contributed by atoms with E-state index in [9.17, 15) is 4.39 Å². The van der Waals surface area contributed by atoms with E-state index >= 15 is 0 Å². The van der Waals surface area contributed by atoms with Crippen LogP contribution in [0.15, 0.2) is 30.3 Å². The molecule has 1 aromatic heterocycles. The Morgan fingerprint density at radius 1 is 1.00 bits per heavy atom. The first-order chi connectivity index (χ1) is 14.1. The van der Waals surface area contributed by atoms with Gasteiger partial charge in [0.2, 0.25) is 0 Å². The maximum atomic E-state index is 13.2. The van der Waals surface area contributed by atoms with Crippen molar-refractivity contribution >= 4 is 11.5 Å². The molecule has 0 radical (unpaired) electrons. The lowest BCUT2D eigenvalue weighted by atomic mass is 10.0. The van der Waals surface area contributed by atoms with E-state index in [0.717, 1.165) is 75.1 Å². The molecule has 2 saturated heterocycles. The molecular formula is C23H32FN5. The Kier molecular flexibility index (Phi) is 6.28. The van der Waals surface area contributed by atoms with Crippen molar-refractivity contribution in [2.24, 2.45) is 0 Å². The van der Waals surface area contributed by atoms with Gasteiger partial charge < -0.3 is 9.80 Å². The van der Waals surface area contributed by atoms with Crippen LogP contribution in [0.25, 0.3) is 0 Å². The molecule has 5 nitrogen and oxygen atoms in total. The fourth-order valence-electron chi connectivity index (χ4n) is 4.57. The number of nitrogens with zero attached hydrogens (tertiary/aromatic N) is 5. The number of piperazine rings is 1. The summed E-state index contributed by atoms with van der Waals surface area (Å²) >= 11 is 0. The number of aromatic nitrogens is 2. The Morgan fingerprint density at radius 3 is 2.48 bits per heavy atom. The SMILES string of the molecule is CCCc1nc(C)cc(N2CCC[C@@H](N3CCN(c4ccc(F)cc4)CC3)C2)n1. The standard InChI is InChI=1S/C23H32FN5/c1-3-5-22-25-18(2)16-23(26-22)29-11-4-6-21(17-29)28-14-12-27(13-15-28)20-9-7-19(24)8-10-20/h7-10,16,21H,3-6,11-15,17H2,1-2H3/t21-/m1/s1. The summed E-state index contributed by atoms with van der Waals surface area (Å²) in [4.78, 5) is 16.9. The molecule has 0 spiro atoms. The predicted molar refractivity (Wildman–Crippen MR) is 116 cm³/mol. The highest BCUT2D eigenvalue weighted by Gasteiger charge is 2.29. The lowest BCUT2D eigenvalue weighted by Crippen LogP contribution is -2.55. The largest absolute Gasteiger partial charge is 0.369 e. The molecule has 156 valence electrons. The molecule has 0 unspecified atom stereocenters. The van der Waals surface area contributed by atoms with Gasteiger partial charge in [-0.1, -0.05) is 6.92 Å². The minimum absolute atomic E-state index is 0.170. The van der Waals surface area contributed by atoms with Gasteiger partial charge in [0.05, 0.1) is 0 Å². The molecule has 3 heterocycles. The van der Waals surface area contributed by atoms with Crippen LogP contribution < -0.4 is 9.80 Å². The smallest absolute Gasteiger partial charge is 0.132 e. The second-order valence-electron chi connectivity index (χ2n) is 8.28. The first-order valence-electron chi connectivity index (χ1n) is 11.0. The van der Waals surface area contributed by atoms with Crippen molar-refractivity contribution in [1.29, 1.82) is 0 Å². The van der Waals surface area contributed by atoms with Crippen molar-refractivity contribution < 1.29 is 4.39 Å². The van der Waals surface area contributed by atoms with Crippen LogP contribution in [0.1, 0.15) is 37.7 Å². The van der Waals surface area contributed by atoms with Gasteiger partial charge >= 0.3 is 0 Å². The summed E-state index contributed by atoms with van der Waals surface area (Å²) in [6.45, 7) is 10.5. The molecule has 2 aliphatic heterocycles. The van der Waals surface area contributed by atoms with Crippen molar-refractivity contribution in [3.05, 3.63) is 47.7 Å². The average molecular weight is 398 g/mol. The van der Waals surface area contributed by atoms with E-state index in [1.807, 2.05) is 12.1 Å². The van der Waals surface area contributed by atoms with Crippen LogP contribution in [0.4, 0.5) is 15.9 Å². The topological polar surface area (TPSA) is 35.5 Å². The molecule has 6 heteroatoms. The summed E-state index contributed by atoms with van der Waals surface area (Å²) in [5.74, 6) is 1.89. The highest BCUT2D eigenvalue weighted by molar-refractivity contribution is 5.46. The molecule has 29 heavy (non-hydrogen) atoms. The second-order valence-corrected chi connectivity index (χ2v) is 8.28. The van der Waals surface area contributed by atoms with E-state index in [2.05, 4.69) is 39.6 Å². The van der Waals surface area contributed by atoms with Crippen LogP contribution in [-0.2, 0) is 6.42 Å². The first kappa shape index (κ1) is 20.1. The Bertz CT molecular complexity index is 801. The summed E-state index contributed by atoms with van der Waals surface area (Å²) in [6.07, 6.45) is 4.47. The highest BCUT2D eigenvalue weighted by atomic mass is 19.1. The number of halogens is 1. The van der Waals surface area contributed by atoms with E-state index in [-0.39, 0.29) is 5.82 Å².